The summed E-state index contributed by atoms with van der Waals surface area (Å²) in [7, 11) is 0. The molecule has 0 bridgehead atoms. The molecule has 1 atom stereocenters. The van der Waals surface area contributed by atoms with Crippen LogP contribution >= 0.6 is 0 Å². The molecule has 7 nitrogen and oxygen atoms in total. The first-order chi connectivity index (χ1) is 11.7. The van der Waals surface area contributed by atoms with Crippen LogP contribution in [-0.4, -0.2) is 43.8 Å². The molecule has 0 amide bonds. The van der Waals surface area contributed by atoms with Gasteiger partial charge in [0.05, 0.1) is 12.3 Å². The second-order valence-electron chi connectivity index (χ2n) is 5.83. The number of imidazole rings is 1. The van der Waals surface area contributed by atoms with Crippen molar-refractivity contribution in [1.82, 2.24) is 14.4 Å². The molecule has 0 saturated carbocycles. The van der Waals surface area contributed by atoms with Crippen molar-refractivity contribution in [3.8, 4) is 22.8 Å². The molecule has 1 aliphatic heterocycles. The lowest BCUT2D eigenvalue weighted by molar-refractivity contribution is 0.120. The van der Waals surface area contributed by atoms with E-state index in [0.717, 1.165) is 25.3 Å². The van der Waals surface area contributed by atoms with Gasteiger partial charge in [-0.3, -0.25) is 9.38 Å². The van der Waals surface area contributed by atoms with Crippen LogP contribution in [-0.2, 0) is 4.74 Å². The predicted octanol–water partition coefficient (Wildman–Crippen LogP) is 2.40. The van der Waals surface area contributed by atoms with Gasteiger partial charge in [-0.2, -0.15) is 0 Å². The highest BCUT2D eigenvalue weighted by Crippen LogP contribution is 2.34. The molecule has 3 aromatic rings. The number of rotatable bonds is 4. The second-order valence-corrected chi connectivity index (χ2v) is 5.83. The van der Waals surface area contributed by atoms with Crippen molar-refractivity contribution in [1.29, 1.82) is 0 Å². The SMILES string of the molecule is Oc1ccc(-c2nc3cnccn3c2NC[C@@H]2CCCO2)cc1O. The summed E-state index contributed by atoms with van der Waals surface area (Å²) < 4.78 is 7.58. The maximum absolute atomic E-state index is 9.79. The smallest absolute Gasteiger partial charge is 0.158 e. The highest BCUT2D eigenvalue weighted by molar-refractivity contribution is 5.77. The first-order valence-corrected chi connectivity index (χ1v) is 7.92. The molecule has 1 saturated heterocycles. The van der Waals surface area contributed by atoms with Gasteiger partial charge in [0.1, 0.15) is 11.5 Å². The van der Waals surface area contributed by atoms with Crippen LogP contribution in [0.5, 0.6) is 11.5 Å². The topological polar surface area (TPSA) is 91.9 Å². The zero-order valence-electron chi connectivity index (χ0n) is 13.0. The van der Waals surface area contributed by atoms with Crippen molar-refractivity contribution in [3.63, 3.8) is 0 Å². The van der Waals surface area contributed by atoms with Crippen LogP contribution in [0.1, 0.15) is 12.8 Å². The van der Waals surface area contributed by atoms with E-state index in [1.54, 1.807) is 18.5 Å². The average molecular weight is 326 g/mol. The van der Waals surface area contributed by atoms with E-state index in [4.69, 9.17) is 4.74 Å². The van der Waals surface area contributed by atoms with E-state index in [2.05, 4.69) is 15.3 Å². The quantitative estimate of drug-likeness (QED) is 0.638. The third-order valence-electron chi connectivity index (χ3n) is 4.20. The molecule has 0 unspecified atom stereocenters. The first-order valence-electron chi connectivity index (χ1n) is 7.92. The lowest BCUT2D eigenvalue weighted by atomic mass is 10.1. The molecule has 4 rings (SSSR count). The van der Waals surface area contributed by atoms with Gasteiger partial charge in [0.2, 0.25) is 0 Å². The number of nitrogens with zero attached hydrogens (tertiary/aromatic N) is 3. The van der Waals surface area contributed by atoms with Crippen molar-refractivity contribution in [2.45, 2.75) is 18.9 Å². The summed E-state index contributed by atoms with van der Waals surface area (Å²) in [5.41, 5.74) is 2.11. The number of fused-ring (bicyclic) bond motifs is 1. The van der Waals surface area contributed by atoms with Crippen molar-refractivity contribution in [2.24, 2.45) is 0 Å². The second kappa shape index (κ2) is 6.01. The van der Waals surface area contributed by atoms with Gasteiger partial charge in [-0.15, -0.1) is 0 Å². The molecule has 124 valence electrons. The van der Waals surface area contributed by atoms with Crippen molar-refractivity contribution < 1.29 is 14.9 Å². The van der Waals surface area contributed by atoms with Crippen LogP contribution in [0, 0.1) is 0 Å². The normalized spacial score (nSPS) is 17.4. The summed E-state index contributed by atoms with van der Waals surface area (Å²) in [5, 5.41) is 22.7. The number of ether oxygens (including phenoxy) is 1. The minimum absolute atomic E-state index is 0.155. The van der Waals surface area contributed by atoms with Gasteiger partial charge < -0.3 is 20.3 Å². The number of hydrogen-bond donors (Lipinski definition) is 3. The Hall–Kier alpha value is -2.80. The zero-order valence-corrected chi connectivity index (χ0v) is 13.0. The lowest BCUT2D eigenvalue weighted by Gasteiger charge is -2.13. The summed E-state index contributed by atoms with van der Waals surface area (Å²) >= 11 is 0. The monoisotopic (exact) mass is 326 g/mol. The summed E-state index contributed by atoms with van der Waals surface area (Å²) in [4.78, 5) is 8.71. The van der Waals surface area contributed by atoms with Gasteiger partial charge in [0.25, 0.3) is 0 Å². The fraction of sp³-hybridized carbons (Fsp3) is 0.294. The molecule has 0 spiro atoms. The summed E-state index contributed by atoms with van der Waals surface area (Å²) in [6.45, 7) is 1.50. The maximum Gasteiger partial charge on any atom is 0.158 e. The maximum atomic E-state index is 9.79. The number of benzene rings is 1. The van der Waals surface area contributed by atoms with E-state index in [1.807, 2.05) is 10.6 Å². The molecule has 3 N–H and O–H groups in total. The standard InChI is InChI=1S/C17H18N4O3/c22-13-4-3-11(8-14(13)23)16-17(19-9-12-2-1-7-24-12)21-6-5-18-10-15(21)20-16/h3-6,8,10,12,19,22-23H,1-2,7,9H2/t12-/m0/s1. The Morgan fingerprint density at radius 1 is 1.29 bits per heavy atom. The minimum atomic E-state index is -0.173. The Labute approximate surface area is 138 Å². The zero-order chi connectivity index (χ0) is 16.5. The van der Waals surface area contributed by atoms with Gasteiger partial charge in [-0.1, -0.05) is 0 Å². The molecule has 1 fully saturated rings. The van der Waals surface area contributed by atoms with Crippen LogP contribution in [0.2, 0.25) is 0 Å². The molecule has 7 heteroatoms. The molecule has 1 aliphatic rings. The number of hydrogen-bond acceptors (Lipinski definition) is 6. The molecule has 0 aliphatic carbocycles. The summed E-state index contributed by atoms with van der Waals surface area (Å²) in [5.74, 6) is 0.485. The number of aromatic nitrogens is 3. The number of phenols is 2. The lowest BCUT2D eigenvalue weighted by Crippen LogP contribution is -2.19. The van der Waals surface area contributed by atoms with Gasteiger partial charge in [0.15, 0.2) is 17.1 Å². The van der Waals surface area contributed by atoms with E-state index in [0.29, 0.717) is 23.4 Å². The first kappa shape index (κ1) is 14.8. The van der Waals surface area contributed by atoms with Crippen molar-refractivity contribution >= 4 is 11.5 Å². The highest BCUT2D eigenvalue weighted by Gasteiger charge is 2.19. The van der Waals surface area contributed by atoms with Gasteiger partial charge in [0, 0.05) is 31.1 Å². The Morgan fingerprint density at radius 2 is 2.21 bits per heavy atom. The van der Waals surface area contributed by atoms with Gasteiger partial charge >= 0.3 is 0 Å². The molecule has 24 heavy (non-hydrogen) atoms. The molecule has 3 heterocycles. The Morgan fingerprint density at radius 3 is 3.00 bits per heavy atom. The molecule has 1 aromatic carbocycles. The number of anilines is 1. The Balaban J connectivity index is 1.75. The van der Waals surface area contributed by atoms with E-state index < -0.39 is 0 Å². The van der Waals surface area contributed by atoms with Gasteiger partial charge in [-0.25, -0.2) is 4.98 Å². The van der Waals surface area contributed by atoms with Crippen LogP contribution in [0.15, 0.2) is 36.8 Å². The van der Waals surface area contributed by atoms with E-state index in [-0.39, 0.29) is 17.6 Å². The van der Waals surface area contributed by atoms with Crippen molar-refractivity contribution in [2.75, 3.05) is 18.5 Å². The number of nitrogens with one attached hydrogen (secondary N) is 1. The van der Waals surface area contributed by atoms with E-state index in [1.165, 1.54) is 12.1 Å². The van der Waals surface area contributed by atoms with Crippen LogP contribution in [0.3, 0.4) is 0 Å². The van der Waals surface area contributed by atoms with Crippen LogP contribution in [0.4, 0.5) is 5.82 Å². The molecular weight excluding hydrogens is 308 g/mol. The summed E-state index contributed by atoms with van der Waals surface area (Å²) in [6.07, 6.45) is 7.54. The molecule has 0 radical (unpaired) electrons. The third-order valence-corrected chi connectivity index (χ3v) is 4.20. The van der Waals surface area contributed by atoms with E-state index >= 15 is 0 Å². The number of phenolic OH excluding ortho intramolecular Hbond substituents is 2. The number of aromatic hydroxyl groups is 2. The largest absolute Gasteiger partial charge is 0.504 e. The van der Waals surface area contributed by atoms with Crippen molar-refractivity contribution in [3.05, 3.63) is 36.8 Å². The van der Waals surface area contributed by atoms with Crippen LogP contribution in [0.25, 0.3) is 16.9 Å². The highest BCUT2D eigenvalue weighted by atomic mass is 16.5. The van der Waals surface area contributed by atoms with Gasteiger partial charge in [-0.05, 0) is 31.0 Å². The minimum Gasteiger partial charge on any atom is -0.504 e. The predicted molar refractivity (Wildman–Crippen MR) is 89.2 cm³/mol. The fourth-order valence-corrected chi connectivity index (χ4v) is 2.96. The summed E-state index contributed by atoms with van der Waals surface area (Å²) in [6, 6.07) is 4.68. The average Bonchev–Trinajstić information content (AvgIpc) is 3.23. The molecular formula is C17H18N4O3. The van der Waals surface area contributed by atoms with E-state index in [9.17, 15) is 10.2 Å². The van der Waals surface area contributed by atoms with Crippen LogP contribution < -0.4 is 5.32 Å². The Kier molecular flexibility index (Phi) is 3.70. The third kappa shape index (κ3) is 2.63. The fourth-order valence-electron chi connectivity index (χ4n) is 2.96. The Bertz CT molecular complexity index is 871. The molecule has 2 aromatic heterocycles.